The maximum atomic E-state index is 12.1. The smallest absolute Gasteiger partial charge is 0.171 e. The van der Waals surface area contributed by atoms with Crippen LogP contribution in [-0.2, 0) is 14.3 Å². The zero-order valence-corrected chi connectivity index (χ0v) is 19.4. The molecule has 0 bridgehead atoms. The second-order valence-electron chi connectivity index (χ2n) is 12.5. The summed E-state index contributed by atoms with van der Waals surface area (Å²) in [5, 5.41) is 0. The first-order valence-electron chi connectivity index (χ1n) is 12.8. The van der Waals surface area contributed by atoms with E-state index in [2.05, 4.69) is 33.8 Å². The van der Waals surface area contributed by atoms with Gasteiger partial charge >= 0.3 is 0 Å². The van der Waals surface area contributed by atoms with Gasteiger partial charge in [-0.1, -0.05) is 33.8 Å². The molecule has 1 spiro atoms. The molecule has 2 saturated heterocycles. The molecule has 0 N–H and O–H groups in total. The van der Waals surface area contributed by atoms with Gasteiger partial charge in [-0.15, -0.1) is 0 Å². The molecule has 11 atom stereocenters. The zero-order valence-electron chi connectivity index (χ0n) is 19.4. The van der Waals surface area contributed by atoms with Gasteiger partial charge in [0.25, 0.3) is 0 Å². The molecule has 3 saturated carbocycles. The van der Waals surface area contributed by atoms with Gasteiger partial charge in [-0.05, 0) is 90.9 Å². The number of hydrogen-bond acceptors (Lipinski definition) is 3. The van der Waals surface area contributed by atoms with E-state index in [9.17, 15) is 4.79 Å². The van der Waals surface area contributed by atoms with Crippen molar-refractivity contribution < 1.29 is 14.3 Å². The van der Waals surface area contributed by atoms with Crippen LogP contribution >= 0.6 is 0 Å². The molecule has 4 aliphatic carbocycles. The van der Waals surface area contributed by atoms with Crippen LogP contribution in [0.3, 0.4) is 0 Å². The highest BCUT2D eigenvalue weighted by molar-refractivity contribution is 5.91. The van der Waals surface area contributed by atoms with Crippen molar-refractivity contribution in [1.82, 2.24) is 0 Å². The monoisotopic (exact) mass is 412 g/mol. The predicted molar refractivity (Wildman–Crippen MR) is 117 cm³/mol. The number of hydrogen-bond donors (Lipinski definition) is 0. The molecule has 30 heavy (non-hydrogen) atoms. The average molecular weight is 413 g/mol. The molecular formula is C27H40O3. The standard InChI is InChI=1S/C27H40O3/c1-16-7-12-27(29-15-16)17(2)24-23(30-27)14-22-20-6-5-18-13-19(28)8-10-25(18,3)21(20)9-11-26(22,24)4/h8,10,16-18,20-24H,5-7,9,11-15H2,1-4H3/t16?,17-,18?,20+,21-,22-,23-,24-,25-,26-,27+/m0/s1. The number of fused-ring (bicyclic) bond motifs is 7. The first-order valence-corrected chi connectivity index (χ1v) is 12.8. The van der Waals surface area contributed by atoms with E-state index in [0.29, 0.717) is 41.0 Å². The van der Waals surface area contributed by atoms with Crippen LogP contribution < -0.4 is 0 Å². The summed E-state index contributed by atoms with van der Waals surface area (Å²) in [6.07, 6.45) is 14.1. The van der Waals surface area contributed by atoms with Crippen LogP contribution in [0, 0.1) is 52.3 Å². The summed E-state index contributed by atoms with van der Waals surface area (Å²) in [7, 11) is 0. The average Bonchev–Trinajstić information content (AvgIpc) is 3.16. The van der Waals surface area contributed by atoms with Crippen LogP contribution in [0.1, 0.15) is 79.1 Å². The fraction of sp³-hybridized carbons (Fsp3) is 0.889. The minimum absolute atomic E-state index is 0.228. The van der Waals surface area contributed by atoms with Crippen LogP contribution in [0.5, 0.6) is 0 Å². The lowest BCUT2D eigenvalue weighted by molar-refractivity contribution is -0.272. The molecule has 2 unspecified atom stereocenters. The summed E-state index contributed by atoms with van der Waals surface area (Å²) in [6, 6.07) is 0. The molecular weight excluding hydrogens is 372 g/mol. The molecule has 0 amide bonds. The fourth-order valence-electron chi connectivity index (χ4n) is 9.65. The topological polar surface area (TPSA) is 35.5 Å². The molecule has 0 aromatic heterocycles. The van der Waals surface area contributed by atoms with Crippen LogP contribution in [0.4, 0.5) is 0 Å². The van der Waals surface area contributed by atoms with Crippen LogP contribution in [-0.4, -0.2) is 24.3 Å². The number of carbonyl (C=O) groups excluding carboxylic acids is 1. The summed E-state index contributed by atoms with van der Waals surface area (Å²) in [6.45, 7) is 10.7. The highest BCUT2D eigenvalue weighted by atomic mass is 16.7. The molecule has 5 fully saturated rings. The van der Waals surface area contributed by atoms with Crippen molar-refractivity contribution in [3.8, 4) is 0 Å². The Morgan fingerprint density at radius 3 is 2.63 bits per heavy atom. The quantitative estimate of drug-likeness (QED) is 0.506. The molecule has 2 aliphatic heterocycles. The van der Waals surface area contributed by atoms with Crippen LogP contribution in [0.15, 0.2) is 12.2 Å². The van der Waals surface area contributed by atoms with Gasteiger partial charge in [-0.3, -0.25) is 4.79 Å². The third-order valence-corrected chi connectivity index (χ3v) is 11.3. The van der Waals surface area contributed by atoms with Gasteiger partial charge in [0.15, 0.2) is 11.6 Å². The molecule has 166 valence electrons. The van der Waals surface area contributed by atoms with E-state index in [1.165, 1.54) is 38.5 Å². The third-order valence-electron chi connectivity index (χ3n) is 11.3. The molecule has 6 aliphatic rings. The fourth-order valence-corrected chi connectivity index (χ4v) is 9.65. The largest absolute Gasteiger partial charge is 0.349 e. The van der Waals surface area contributed by atoms with E-state index < -0.39 is 0 Å². The third kappa shape index (κ3) is 2.48. The van der Waals surface area contributed by atoms with Crippen molar-refractivity contribution in [2.75, 3.05) is 6.61 Å². The lowest BCUT2D eigenvalue weighted by Crippen LogP contribution is -2.53. The Hall–Kier alpha value is -0.670. The molecule has 2 heterocycles. The summed E-state index contributed by atoms with van der Waals surface area (Å²) in [5.41, 5.74) is 0.616. The highest BCUT2D eigenvalue weighted by Crippen LogP contribution is 2.70. The van der Waals surface area contributed by atoms with Gasteiger partial charge in [-0.2, -0.15) is 0 Å². The second-order valence-corrected chi connectivity index (χ2v) is 12.5. The normalized spacial score (nSPS) is 59.5. The van der Waals surface area contributed by atoms with Crippen molar-refractivity contribution in [2.45, 2.75) is 91.0 Å². The lowest BCUT2D eigenvalue weighted by Gasteiger charge is -2.59. The molecule has 3 heteroatoms. The van der Waals surface area contributed by atoms with Crippen molar-refractivity contribution in [3.63, 3.8) is 0 Å². The van der Waals surface area contributed by atoms with Crippen LogP contribution in [0.2, 0.25) is 0 Å². The summed E-state index contributed by atoms with van der Waals surface area (Å²) in [4.78, 5) is 12.1. The minimum atomic E-state index is -0.303. The lowest BCUT2D eigenvalue weighted by atomic mass is 9.45. The number of carbonyl (C=O) groups is 1. The number of ketones is 1. The highest BCUT2D eigenvalue weighted by Gasteiger charge is 2.68. The maximum absolute atomic E-state index is 12.1. The van der Waals surface area contributed by atoms with E-state index in [1.807, 2.05) is 6.08 Å². The maximum Gasteiger partial charge on any atom is 0.171 e. The Kier molecular flexibility index (Phi) is 4.29. The minimum Gasteiger partial charge on any atom is -0.349 e. The Bertz CT molecular complexity index is 764. The Labute approximate surface area is 182 Å². The summed E-state index contributed by atoms with van der Waals surface area (Å²) >= 11 is 0. The van der Waals surface area contributed by atoms with E-state index in [4.69, 9.17) is 9.47 Å². The van der Waals surface area contributed by atoms with Crippen molar-refractivity contribution in [2.24, 2.45) is 52.3 Å². The van der Waals surface area contributed by atoms with Crippen LogP contribution in [0.25, 0.3) is 0 Å². The predicted octanol–water partition coefficient (Wildman–Crippen LogP) is 5.78. The first-order chi connectivity index (χ1) is 14.3. The Balaban J connectivity index is 1.28. The molecule has 0 aromatic rings. The molecule has 0 aromatic carbocycles. The van der Waals surface area contributed by atoms with Gasteiger partial charge in [0.1, 0.15) is 0 Å². The number of rotatable bonds is 0. The number of allylic oxidation sites excluding steroid dienone is 2. The molecule has 6 rings (SSSR count). The zero-order chi connectivity index (χ0) is 20.9. The molecule has 3 nitrogen and oxygen atoms in total. The summed E-state index contributed by atoms with van der Waals surface area (Å²) < 4.78 is 13.3. The van der Waals surface area contributed by atoms with E-state index in [-0.39, 0.29) is 11.2 Å². The van der Waals surface area contributed by atoms with Gasteiger partial charge in [0, 0.05) is 18.8 Å². The van der Waals surface area contributed by atoms with Crippen molar-refractivity contribution >= 4 is 5.78 Å². The Morgan fingerprint density at radius 2 is 1.87 bits per heavy atom. The van der Waals surface area contributed by atoms with E-state index >= 15 is 0 Å². The first kappa shape index (κ1) is 20.0. The van der Waals surface area contributed by atoms with E-state index in [1.54, 1.807) is 0 Å². The van der Waals surface area contributed by atoms with Crippen molar-refractivity contribution in [1.29, 1.82) is 0 Å². The van der Waals surface area contributed by atoms with Gasteiger partial charge in [0.05, 0.1) is 12.7 Å². The summed E-state index contributed by atoms with van der Waals surface area (Å²) in [5.74, 6) is 4.74. The van der Waals surface area contributed by atoms with Gasteiger partial charge < -0.3 is 9.47 Å². The van der Waals surface area contributed by atoms with Gasteiger partial charge in [-0.25, -0.2) is 0 Å². The molecule has 0 radical (unpaired) electrons. The van der Waals surface area contributed by atoms with Crippen molar-refractivity contribution in [3.05, 3.63) is 12.2 Å². The van der Waals surface area contributed by atoms with Gasteiger partial charge in [0.2, 0.25) is 0 Å². The Morgan fingerprint density at radius 1 is 1.03 bits per heavy atom. The number of ether oxygens (including phenoxy) is 2. The SMILES string of the molecule is CC1CC[C@@]2(OC1)O[C@H]1C[C@H]3[C@@H]4CCC5CC(=O)C=C[C@]5(C)[C@H]4CC[C@]3(C)[C@H]1[C@@H]2C. The van der Waals surface area contributed by atoms with E-state index in [0.717, 1.165) is 37.2 Å². The second kappa shape index (κ2) is 6.44.